The number of likely N-dealkylation sites (tertiary alicyclic amines) is 1. The molecule has 0 spiro atoms. The molecule has 0 aliphatic carbocycles. The van der Waals surface area contributed by atoms with E-state index in [1.165, 1.54) is 4.90 Å². The van der Waals surface area contributed by atoms with Gasteiger partial charge in [-0.3, -0.25) is 9.59 Å². The molecule has 2 aliphatic heterocycles. The Morgan fingerprint density at radius 1 is 1.17 bits per heavy atom. The number of rotatable bonds is 3. The number of hydrogen-bond donors (Lipinski definition) is 1. The van der Waals surface area contributed by atoms with Crippen molar-refractivity contribution in [1.29, 1.82) is 0 Å². The first-order chi connectivity index (χ1) is 11.5. The Morgan fingerprint density at radius 2 is 1.88 bits per heavy atom. The minimum absolute atomic E-state index is 0.0823. The first-order valence-electron chi connectivity index (χ1n) is 8.37. The molecule has 24 heavy (non-hydrogen) atoms. The monoisotopic (exact) mass is 330 g/mol. The molecule has 0 radical (unpaired) electrons. The number of carbonyl (C=O) groups excluding carboxylic acids is 2. The quantitative estimate of drug-likeness (QED) is 0.917. The summed E-state index contributed by atoms with van der Waals surface area (Å²) in [5, 5.41) is 9.34. The van der Waals surface area contributed by atoms with Crippen LogP contribution in [0.3, 0.4) is 0 Å². The highest BCUT2D eigenvalue weighted by Gasteiger charge is 2.41. The molecule has 0 saturated carbocycles. The number of nitrogens with zero attached hydrogens (tertiary/aromatic N) is 2. The van der Waals surface area contributed by atoms with Crippen LogP contribution in [0, 0.1) is 12.8 Å². The average Bonchev–Trinajstić information content (AvgIpc) is 2.96. The topological polar surface area (TPSA) is 77.9 Å². The summed E-state index contributed by atoms with van der Waals surface area (Å²) in [6.07, 6.45) is 2.27. The zero-order valence-electron chi connectivity index (χ0n) is 13.8. The van der Waals surface area contributed by atoms with Gasteiger partial charge in [-0.25, -0.2) is 4.79 Å². The van der Waals surface area contributed by atoms with E-state index in [0.29, 0.717) is 19.5 Å². The lowest BCUT2D eigenvalue weighted by Gasteiger charge is -2.34. The van der Waals surface area contributed by atoms with Crippen LogP contribution in [0.4, 0.5) is 5.69 Å². The molecule has 2 heterocycles. The Bertz CT molecular complexity index is 655. The molecule has 2 aliphatic rings. The van der Waals surface area contributed by atoms with E-state index in [1.807, 2.05) is 31.2 Å². The molecule has 2 unspecified atom stereocenters. The third kappa shape index (κ3) is 3.13. The molecule has 6 heteroatoms. The largest absolute Gasteiger partial charge is 0.480 e. The predicted molar refractivity (Wildman–Crippen MR) is 88.6 cm³/mol. The Kier molecular flexibility index (Phi) is 4.55. The summed E-state index contributed by atoms with van der Waals surface area (Å²) < 4.78 is 0. The van der Waals surface area contributed by atoms with Gasteiger partial charge in [-0.15, -0.1) is 0 Å². The Labute approximate surface area is 141 Å². The highest BCUT2D eigenvalue weighted by atomic mass is 16.4. The molecule has 1 aromatic rings. The van der Waals surface area contributed by atoms with E-state index in [1.54, 1.807) is 4.90 Å². The number of amides is 2. The van der Waals surface area contributed by atoms with Crippen LogP contribution < -0.4 is 4.90 Å². The summed E-state index contributed by atoms with van der Waals surface area (Å²) in [5.74, 6) is -1.70. The van der Waals surface area contributed by atoms with Crippen molar-refractivity contribution < 1.29 is 19.5 Å². The van der Waals surface area contributed by atoms with E-state index in [-0.39, 0.29) is 18.2 Å². The molecule has 0 bridgehead atoms. The molecule has 128 valence electrons. The van der Waals surface area contributed by atoms with Crippen LogP contribution in [-0.2, 0) is 14.4 Å². The number of carboxylic acids is 1. The van der Waals surface area contributed by atoms with Crippen LogP contribution in [0.15, 0.2) is 24.3 Å². The molecule has 1 N–H and O–H groups in total. The van der Waals surface area contributed by atoms with Crippen LogP contribution in [-0.4, -0.2) is 46.9 Å². The van der Waals surface area contributed by atoms with E-state index in [0.717, 1.165) is 24.1 Å². The summed E-state index contributed by atoms with van der Waals surface area (Å²) in [7, 11) is 0. The number of piperidine rings is 1. The van der Waals surface area contributed by atoms with Gasteiger partial charge in [0.15, 0.2) is 0 Å². The van der Waals surface area contributed by atoms with E-state index in [4.69, 9.17) is 0 Å². The van der Waals surface area contributed by atoms with Crippen molar-refractivity contribution in [2.24, 2.45) is 5.92 Å². The Hall–Kier alpha value is -2.37. The maximum absolute atomic E-state index is 12.8. The van der Waals surface area contributed by atoms with Gasteiger partial charge in [0, 0.05) is 25.2 Å². The summed E-state index contributed by atoms with van der Waals surface area (Å²) in [6, 6.07) is 6.86. The summed E-state index contributed by atoms with van der Waals surface area (Å²) in [6.45, 7) is 2.76. The molecule has 0 aromatic heterocycles. The fourth-order valence-corrected chi connectivity index (χ4v) is 3.53. The highest BCUT2D eigenvalue weighted by molar-refractivity contribution is 6.00. The number of carboxylic acid groups (broad SMARTS) is 1. The predicted octanol–water partition coefficient (Wildman–Crippen LogP) is 1.81. The maximum atomic E-state index is 12.8. The van der Waals surface area contributed by atoms with Crippen LogP contribution >= 0.6 is 0 Å². The number of aliphatic carboxylic acids is 1. The molecular formula is C18H22N2O4. The third-order valence-corrected chi connectivity index (χ3v) is 4.89. The van der Waals surface area contributed by atoms with Gasteiger partial charge in [0.1, 0.15) is 6.04 Å². The molecular weight excluding hydrogens is 308 g/mol. The number of aryl methyl sites for hydroxylation is 1. The lowest BCUT2D eigenvalue weighted by Crippen LogP contribution is -2.50. The fraction of sp³-hybridized carbons (Fsp3) is 0.500. The van der Waals surface area contributed by atoms with Gasteiger partial charge < -0.3 is 14.9 Å². The zero-order chi connectivity index (χ0) is 17.3. The summed E-state index contributed by atoms with van der Waals surface area (Å²) in [4.78, 5) is 39.6. The van der Waals surface area contributed by atoms with E-state index in [9.17, 15) is 19.5 Å². The van der Waals surface area contributed by atoms with Crippen molar-refractivity contribution in [3.05, 3.63) is 29.8 Å². The van der Waals surface area contributed by atoms with Crippen molar-refractivity contribution in [1.82, 2.24) is 4.90 Å². The first kappa shape index (κ1) is 16.5. The summed E-state index contributed by atoms with van der Waals surface area (Å²) in [5.41, 5.74) is 1.89. The Morgan fingerprint density at radius 3 is 2.54 bits per heavy atom. The lowest BCUT2D eigenvalue weighted by atomic mass is 9.98. The first-order valence-corrected chi connectivity index (χ1v) is 8.37. The van der Waals surface area contributed by atoms with Gasteiger partial charge in [-0.2, -0.15) is 0 Å². The molecule has 3 rings (SSSR count). The standard InChI is InChI=1S/C18H22N2O4/c1-12-5-7-14(8-6-12)20-11-13(10-16(20)21)17(22)19-9-3-2-4-15(19)18(23)24/h5-8,13,15H,2-4,9-11H2,1H3,(H,23,24). The van der Waals surface area contributed by atoms with E-state index in [2.05, 4.69) is 0 Å². The third-order valence-electron chi connectivity index (χ3n) is 4.89. The van der Waals surface area contributed by atoms with Crippen LogP contribution in [0.5, 0.6) is 0 Å². The van der Waals surface area contributed by atoms with E-state index >= 15 is 0 Å². The smallest absolute Gasteiger partial charge is 0.326 e. The average molecular weight is 330 g/mol. The van der Waals surface area contributed by atoms with Crippen molar-refractivity contribution in [3.63, 3.8) is 0 Å². The van der Waals surface area contributed by atoms with Gasteiger partial charge in [0.05, 0.1) is 5.92 Å². The second-order valence-electron chi connectivity index (χ2n) is 6.62. The molecule has 1 aromatic carbocycles. The van der Waals surface area contributed by atoms with Crippen molar-refractivity contribution in [3.8, 4) is 0 Å². The van der Waals surface area contributed by atoms with Gasteiger partial charge in [-0.1, -0.05) is 17.7 Å². The number of carbonyl (C=O) groups is 3. The minimum Gasteiger partial charge on any atom is -0.480 e. The SMILES string of the molecule is Cc1ccc(N2CC(C(=O)N3CCCCC3C(=O)O)CC2=O)cc1. The number of anilines is 1. The second-order valence-corrected chi connectivity index (χ2v) is 6.62. The Balaban J connectivity index is 1.73. The second kappa shape index (κ2) is 6.63. The van der Waals surface area contributed by atoms with Gasteiger partial charge in [0.25, 0.3) is 0 Å². The number of hydrogen-bond acceptors (Lipinski definition) is 3. The highest BCUT2D eigenvalue weighted by Crippen LogP contribution is 2.28. The van der Waals surface area contributed by atoms with Crippen molar-refractivity contribution >= 4 is 23.5 Å². The normalized spacial score (nSPS) is 24.3. The van der Waals surface area contributed by atoms with Gasteiger partial charge in [-0.05, 0) is 38.3 Å². The molecule has 2 amide bonds. The van der Waals surface area contributed by atoms with Crippen LogP contribution in [0.25, 0.3) is 0 Å². The summed E-state index contributed by atoms with van der Waals surface area (Å²) >= 11 is 0. The molecule has 6 nitrogen and oxygen atoms in total. The van der Waals surface area contributed by atoms with Gasteiger partial charge in [0.2, 0.25) is 11.8 Å². The van der Waals surface area contributed by atoms with Crippen LogP contribution in [0.1, 0.15) is 31.2 Å². The van der Waals surface area contributed by atoms with E-state index < -0.39 is 17.9 Å². The fourth-order valence-electron chi connectivity index (χ4n) is 3.53. The van der Waals surface area contributed by atoms with Gasteiger partial charge >= 0.3 is 5.97 Å². The van der Waals surface area contributed by atoms with Crippen LogP contribution in [0.2, 0.25) is 0 Å². The molecule has 2 atom stereocenters. The maximum Gasteiger partial charge on any atom is 0.326 e. The van der Waals surface area contributed by atoms with Crippen molar-refractivity contribution in [2.45, 2.75) is 38.6 Å². The minimum atomic E-state index is -0.956. The lowest BCUT2D eigenvalue weighted by molar-refractivity contribution is -0.153. The molecule has 2 fully saturated rings. The van der Waals surface area contributed by atoms with Crippen molar-refractivity contribution in [2.75, 3.05) is 18.0 Å². The number of benzene rings is 1. The zero-order valence-corrected chi connectivity index (χ0v) is 13.8. The molecule has 2 saturated heterocycles.